The van der Waals surface area contributed by atoms with Crippen molar-refractivity contribution < 1.29 is 14.3 Å². The van der Waals surface area contributed by atoms with E-state index in [1.807, 2.05) is 42.6 Å². The lowest BCUT2D eigenvalue weighted by molar-refractivity contribution is -0.120. The second-order valence-corrected chi connectivity index (χ2v) is 11.8. The molecule has 0 spiro atoms. The molecular weight excluding hydrogens is 503 g/mol. The second-order valence-electron chi connectivity index (χ2n) is 9.87. The SMILES string of the molecule is C[C@@H]1CCN([C@@H](c2ccc(Cl)c(Cl)c2)c2cnc(CC(=O)C3(c4ccc5c(c4)OCO5)CC3)s2)C1. The van der Waals surface area contributed by atoms with Crippen molar-refractivity contribution in [1.82, 2.24) is 9.88 Å². The number of likely N-dealkylation sites (tertiary alicyclic amines) is 1. The zero-order chi connectivity index (χ0) is 24.2. The van der Waals surface area contributed by atoms with Crippen LogP contribution in [0.1, 0.15) is 53.2 Å². The lowest BCUT2D eigenvalue weighted by atomic mass is 9.89. The van der Waals surface area contributed by atoms with Gasteiger partial charge in [0.15, 0.2) is 11.5 Å². The van der Waals surface area contributed by atoms with E-state index in [4.69, 9.17) is 37.7 Å². The third-order valence-electron chi connectivity index (χ3n) is 7.44. The summed E-state index contributed by atoms with van der Waals surface area (Å²) in [6.07, 6.45) is 5.16. The van der Waals surface area contributed by atoms with Crippen LogP contribution in [0.25, 0.3) is 0 Å². The predicted octanol–water partition coefficient (Wildman–Crippen LogP) is 6.45. The number of hydrogen-bond donors (Lipinski definition) is 0. The van der Waals surface area contributed by atoms with Gasteiger partial charge in [-0.25, -0.2) is 4.98 Å². The van der Waals surface area contributed by atoms with Gasteiger partial charge in [-0.15, -0.1) is 11.3 Å². The average molecular weight is 529 g/mol. The smallest absolute Gasteiger partial charge is 0.231 e. The molecule has 5 nitrogen and oxygen atoms in total. The predicted molar refractivity (Wildman–Crippen MR) is 138 cm³/mol. The van der Waals surface area contributed by atoms with Crippen molar-refractivity contribution in [3.8, 4) is 11.5 Å². The van der Waals surface area contributed by atoms with E-state index in [0.717, 1.165) is 58.4 Å². The van der Waals surface area contributed by atoms with Crippen molar-refractivity contribution in [3.63, 3.8) is 0 Å². The Morgan fingerprint density at radius 2 is 2.00 bits per heavy atom. The Morgan fingerprint density at radius 3 is 2.74 bits per heavy atom. The first-order chi connectivity index (χ1) is 16.9. The summed E-state index contributed by atoms with van der Waals surface area (Å²) in [7, 11) is 0. The number of carbonyl (C=O) groups excluding carboxylic acids is 1. The van der Waals surface area contributed by atoms with Crippen LogP contribution in [-0.4, -0.2) is 35.5 Å². The van der Waals surface area contributed by atoms with Crippen LogP contribution in [0, 0.1) is 5.92 Å². The lowest BCUT2D eigenvalue weighted by Gasteiger charge is -2.27. The molecule has 2 atom stereocenters. The Balaban J connectivity index is 1.25. The summed E-state index contributed by atoms with van der Waals surface area (Å²) in [6, 6.07) is 11.8. The molecule has 3 aliphatic rings. The molecule has 0 radical (unpaired) electrons. The van der Waals surface area contributed by atoms with Crippen molar-refractivity contribution >= 4 is 40.3 Å². The fourth-order valence-corrected chi connectivity index (χ4v) is 6.72. The van der Waals surface area contributed by atoms with Crippen LogP contribution in [0.3, 0.4) is 0 Å². The largest absolute Gasteiger partial charge is 0.454 e. The number of halogens is 2. The maximum absolute atomic E-state index is 13.5. The number of nitrogens with zero attached hydrogens (tertiary/aromatic N) is 2. The Labute approximate surface area is 219 Å². The molecule has 2 fully saturated rings. The summed E-state index contributed by atoms with van der Waals surface area (Å²) in [4.78, 5) is 21.8. The van der Waals surface area contributed by atoms with Gasteiger partial charge in [-0.05, 0) is 67.1 Å². The zero-order valence-corrected chi connectivity index (χ0v) is 21.8. The molecule has 2 aromatic carbocycles. The van der Waals surface area contributed by atoms with E-state index >= 15 is 0 Å². The first kappa shape index (κ1) is 23.3. The normalized spacial score (nSPS) is 21.3. The maximum Gasteiger partial charge on any atom is 0.231 e. The third kappa shape index (κ3) is 4.35. The molecule has 1 aliphatic carbocycles. The number of thiazole rings is 1. The molecule has 182 valence electrons. The van der Waals surface area contributed by atoms with Gasteiger partial charge < -0.3 is 9.47 Å². The van der Waals surface area contributed by atoms with Crippen molar-refractivity contribution in [2.24, 2.45) is 5.92 Å². The number of Topliss-reactive ketones (excluding diaryl/α,β-unsaturated/α-hetero) is 1. The van der Waals surface area contributed by atoms with Gasteiger partial charge in [0.1, 0.15) is 10.8 Å². The van der Waals surface area contributed by atoms with E-state index < -0.39 is 5.41 Å². The average Bonchev–Trinajstić information content (AvgIpc) is 3.13. The molecule has 1 saturated heterocycles. The van der Waals surface area contributed by atoms with Gasteiger partial charge in [-0.3, -0.25) is 9.69 Å². The minimum atomic E-state index is -0.430. The molecule has 0 unspecified atom stereocenters. The highest BCUT2D eigenvalue weighted by atomic mass is 35.5. The van der Waals surface area contributed by atoms with Crippen LogP contribution in [0.4, 0.5) is 0 Å². The van der Waals surface area contributed by atoms with Crippen molar-refractivity contribution in [3.05, 3.63) is 73.7 Å². The van der Waals surface area contributed by atoms with Crippen molar-refractivity contribution in [2.75, 3.05) is 19.9 Å². The van der Waals surface area contributed by atoms with E-state index in [2.05, 4.69) is 11.8 Å². The Kier molecular flexibility index (Phi) is 6.04. The number of carbonyl (C=O) groups is 1. The number of aromatic nitrogens is 1. The van der Waals surface area contributed by atoms with E-state index in [0.29, 0.717) is 22.4 Å². The number of hydrogen-bond acceptors (Lipinski definition) is 6. The fraction of sp³-hybridized carbons (Fsp3) is 0.407. The molecule has 35 heavy (non-hydrogen) atoms. The van der Waals surface area contributed by atoms with Crippen LogP contribution < -0.4 is 9.47 Å². The Bertz CT molecular complexity index is 1290. The van der Waals surface area contributed by atoms with Gasteiger partial charge in [-0.1, -0.05) is 42.3 Å². The van der Waals surface area contributed by atoms with Gasteiger partial charge in [0.05, 0.1) is 27.9 Å². The number of rotatable bonds is 7. The monoisotopic (exact) mass is 528 g/mol. The van der Waals surface area contributed by atoms with Gasteiger partial charge >= 0.3 is 0 Å². The van der Waals surface area contributed by atoms with Crippen molar-refractivity contribution in [2.45, 2.75) is 44.1 Å². The Hall–Kier alpha value is -2.12. The molecule has 1 aromatic heterocycles. The molecule has 2 aliphatic heterocycles. The fourth-order valence-electron chi connectivity index (χ4n) is 5.33. The standard InChI is InChI=1S/C27H26Cl2N2O3S/c1-16-6-9-31(14-16)26(17-2-4-19(28)20(29)10-17)23-13-30-25(35-23)12-24(32)27(7-8-27)18-3-5-21-22(11-18)34-15-33-21/h2-5,10-11,13,16,26H,6-9,12,14-15H2,1H3/t16-,26+/m1/s1. The molecule has 0 N–H and O–H groups in total. The van der Waals surface area contributed by atoms with Crippen LogP contribution in [-0.2, 0) is 16.6 Å². The van der Waals surface area contributed by atoms with E-state index in [1.165, 1.54) is 6.42 Å². The first-order valence-corrected chi connectivity index (χ1v) is 13.6. The molecule has 1 saturated carbocycles. The summed E-state index contributed by atoms with van der Waals surface area (Å²) in [6.45, 7) is 4.56. The second kappa shape index (κ2) is 9.07. The van der Waals surface area contributed by atoms with Crippen LogP contribution in [0.2, 0.25) is 10.0 Å². The summed E-state index contributed by atoms with van der Waals surface area (Å²) in [5.74, 6) is 2.33. The number of benzene rings is 2. The summed E-state index contributed by atoms with van der Waals surface area (Å²) in [5.41, 5.74) is 1.69. The topological polar surface area (TPSA) is 51.7 Å². The first-order valence-electron chi connectivity index (χ1n) is 12.0. The van der Waals surface area contributed by atoms with Gasteiger partial charge in [-0.2, -0.15) is 0 Å². The number of ether oxygens (including phenoxy) is 2. The zero-order valence-electron chi connectivity index (χ0n) is 19.4. The van der Waals surface area contributed by atoms with Gasteiger partial charge in [0.25, 0.3) is 0 Å². The highest BCUT2D eigenvalue weighted by Gasteiger charge is 2.51. The lowest BCUT2D eigenvalue weighted by Crippen LogP contribution is -2.26. The van der Waals surface area contributed by atoms with Crippen molar-refractivity contribution in [1.29, 1.82) is 0 Å². The number of fused-ring (bicyclic) bond motifs is 1. The summed E-state index contributed by atoms with van der Waals surface area (Å²) in [5, 5.41) is 1.97. The molecular formula is C27H26Cl2N2O3S. The molecule has 8 heteroatoms. The third-order valence-corrected chi connectivity index (χ3v) is 9.23. The van der Waals surface area contributed by atoms with Crippen LogP contribution in [0.15, 0.2) is 42.6 Å². The summed E-state index contributed by atoms with van der Waals surface area (Å²) < 4.78 is 11.0. The quantitative estimate of drug-likeness (QED) is 0.352. The molecule has 3 heterocycles. The minimum Gasteiger partial charge on any atom is -0.454 e. The number of ketones is 1. The minimum absolute atomic E-state index is 0.0554. The van der Waals surface area contributed by atoms with Crippen LogP contribution in [0.5, 0.6) is 11.5 Å². The molecule has 6 rings (SSSR count). The van der Waals surface area contributed by atoms with Crippen LogP contribution >= 0.6 is 34.5 Å². The van der Waals surface area contributed by atoms with Gasteiger partial charge in [0, 0.05) is 17.6 Å². The van der Waals surface area contributed by atoms with E-state index in [9.17, 15) is 4.79 Å². The van der Waals surface area contributed by atoms with Gasteiger partial charge in [0.2, 0.25) is 6.79 Å². The molecule has 0 bridgehead atoms. The Morgan fingerprint density at radius 1 is 1.17 bits per heavy atom. The van der Waals surface area contributed by atoms with E-state index in [-0.39, 0.29) is 18.6 Å². The molecule has 3 aromatic rings. The highest BCUT2D eigenvalue weighted by Crippen LogP contribution is 2.52. The molecule has 0 amide bonds. The highest BCUT2D eigenvalue weighted by molar-refractivity contribution is 7.11. The summed E-state index contributed by atoms with van der Waals surface area (Å²) >= 11 is 14.2. The maximum atomic E-state index is 13.5. The van der Waals surface area contributed by atoms with E-state index in [1.54, 1.807) is 11.3 Å².